The summed E-state index contributed by atoms with van der Waals surface area (Å²) >= 11 is 0. The van der Waals surface area contributed by atoms with Gasteiger partial charge in [-0.1, -0.05) is 19.9 Å². The maximum absolute atomic E-state index is 11.9. The molecule has 7 heteroatoms. The molecule has 0 radical (unpaired) electrons. The lowest BCUT2D eigenvalue weighted by atomic mass is 10.2. The third-order valence-corrected chi connectivity index (χ3v) is 2.71. The van der Waals surface area contributed by atoms with Crippen molar-refractivity contribution in [1.29, 1.82) is 0 Å². The number of benzene rings is 1. The molecule has 1 rings (SSSR count). The normalized spacial score (nSPS) is 11.5. The minimum Gasteiger partial charge on any atom is -0.385 e. The van der Waals surface area contributed by atoms with E-state index in [1.807, 2.05) is 6.07 Å². The van der Waals surface area contributed by atoms with Crippen LogP contribution in [0.5, 0.6) is 0 Å². The van der Waals surface area contributed by atoms with Crippen LogP contribution >= 0.6 is 0 Å². The summed E-state index contributed by atoms with van der Waals surface area (Å²) < 4.78 is 40.1. The Bertz CT molecular complexity index is 476. The molecule has 1 amide bonds. The average molecular weight is 318 g/mol. The van der Waals surface area contributed by atoms with Gasteiger partial charge in [0.2, 0.25) is 5.91 Å². The first-order chi connectivity index (χ1) is 10.3. The molecular weight excluding hydrogens is 297 g/mol. The van der Waals surface area contributed by atoms with Gasteiger partial charge in [-0.25, -0.2) is 0 Å². The number of carbonyl (C=O) groups is 1. The maximum atomic E-state index is 11.9. The molecule has 0 fully saturated rings. The van der Waals surface area contributed by atoms with Crippen molar-refractivity contribution in [3.63, 3.8) is 0 Å². The van der Waals surface area contributed by atoms with Crippen LogP contribution in [-0.2, 0) is 9.53 Å². The van der Waals surface area contributed by atoms with Gasteiger partial charge in [-0.2, -0.15) is 13.2 Å². The first-order valence-corrected chi connectivity index (χ1v) is 7.07. The van der Waals surface area contributed by atoms with Crippen LogP contribution in [0.4, 0.5) is 24.5 Å². The second-order valence-corrected chi connectivity index (χ2v) is 5.17. The summed E-state index contributed by atoms with van der Waals surface area (Å²) in [5.41, 5.74) is 1.47. The lowest BCUT2D eigenvalue weighted by Crippen LogP contribution is -2.18. The molecule has 2 N–H and O–H groups in total. The molecule has 0 spiro atoms. The van der Waals surface area contributed by atoms with Crippen LogP contribution in [0.25, 0.3) is 0 Å². The fraction of sp³-hybridized carbons (Fsp3) is 0.533. The van der Waals surface area contributed by atoms with Crippen molar-refractivity contribution in [2.24, 2.45) is 5.92 Å². The fourth-order valence-electron chi connectivity index (χ4n) is 1.59. The van der Waals surface area contributed by atoms with E-state index in [9.17, 15) is 18.0 Å². The van der Waals surface area contributed by atoms with E-state index in [1.54, 1.807) is 32.0 Å². The molecule has 0 aliphatic rings. The van der Waals surface area contributed by atoms with Crippen molar-refractivity contribution in [3.05, 3.63) is 24.3 Å². The Labute approximate surface area is 128 Å². The molecule has 0 bridgehead atoms. The monoisotopic (exact) mass is 318 g/mol. The van der Waals surface area contributed by atoms with E-state index >= 15 is 0 Å². The Morgan fingerprint density at radius 3 is 2.59 bits per heavy atom. The number of amides is 1. The summed E-state index contributed by atoms with van der Waals surface area (Å²) in [5.74, 6) is -0.180. The van der Waals surface area contributed by atoms with Crippen molar-refractivity contribution in [2.75, 3.05) is 30.4 Å². The van der Waals surface area contributed by atoms with Crippen LogP contribution in [0.15, 0.2) is 24.3 Å². The zero-order chi connectivity index (χ0) is 16.6. The second kappa shape index (κ2) is 8.63. The van der Waals surface area contributed by atoms with E-state index in [2.05, 4.69) is 15.4 Å². The summed E-state index contributed by atoms with van der Waals surface area (Å²) in [4.78, 5) is 11.6. The summed E-state index contributed by atoms with van der Waals surface area (Å²) in [6.45, 7) is 2.91. The Morgan fingerprint density at radius 1 is 1.27 bits per heavy atom. The minimum atomic E-state index is -4.28. The third kappa shape index (κ3) is 7.87. The first-order valence-electron chi connectivity index (χ1n) is 7.07. The summed E-state index contributed by atoms with van der Waals surface area (Å²) in [5, 5.41) is 5.85. The van der Waals surface area contributed by atoms with Crippen molar-refractivity contribution >= 4 is 17.3 Å². The number of ether oxygens (including phenoxy) is 1. The highest BCUT2D eigenvalue weighted by Gasteiger charge is 2.27. The maximum Gasteiger partial charge on any atom is 0.411 e. The van der Waals surface area contributed by atoms with Crippen LogP contribution in [0.3, 0.4) is 0 Å². The first kappa shape index (κ1) is 18.3. The molecule has 1 aromatic rings. The van der Waals surface area contributed by atoms with E-state index in [-0.39, 0.29) is 18.4 Å². The van der Waals surface area contributed by atoms with Crippen molar-refractivity contribution in [3.8, 4) is 0 Å². The SMILES string of the molecule is CC(C)C(=O)Nc1cccc(NCCCOCC(F)(F)F)c1. The van der Waals surface area contributed by atoms with Gasteiger partial charge in [-0.05, 0) is 24.6 Å². The highest BCUT2D eigenvalue weighted by molar-refractivity contribution is 5.92. The molecule has 0 saturated heterocycles. The summed E-state index contributed by atoms with van der Waals surface area (Å²) in [7, 11) is 0. The summed E-state index contributed by atoms with van der Waals surface area (Å²) in [6, 6.07) is 7.16. The van der Waals surface area contributed by atoms with Gasteiger partial charge >= 0.3 is 6.18 Å². The van der Waals surface area contributed by atoms with Crippen molar-refractivity contribution < 1.29 is 22.7 Å². The molecule has 1 aromatic carbocycles. The molecule has 124 valence electrons. The molecule has 0 heterocycles. The van der Waals surface area contributed by atoms with Crippen LogP contribution in [-0.4, -0.2) is 31.8 Å². The molecule has 0 atom stereocenters. The number of carbonyl (C=O) groups excluding carboxylic acids is 1. The van der Waals surface area contributed by atoms with E-state index in [0.29, 0.717) is 18.7 Å². The number of hydrogen-bond acceptors (Lipinski definition) is 3. The van der Waals surface area contributed by atoms with E-state index in [1.165, 1.54) is 0 Å². The van der Waals surface area contributed by atoms with Gasteiger partial charge in [0.1, 0.15) is 6.61 Å². The van der Waals surface area contributed by atoms with Gasteiger partial charge in [0.05, 0.1) is 0 Å². The average Bonchev–Trinajstić information content (AvgIpc) is 2.42. The number of rotatable bonds is 8. The Hall–Kier alpha value is -1.76. The molecule has 4 nitrogen and oxygen atoms in total. The van der Waals surface area contributed by atoms with E-state index in [4.69, 9.17) is 0 Å². The predicted octanol–water partition coefficient (Wildman–Crippen LogP) is 3.66. The molecular formula is C15H21F3N2O2. The van der Waals surface area contributed by atoms with Crippen LogP contribution < -0.4 is 10.6 Å². The largest absolute Gasteiger partial charge is 0.411 e. The second-order valence-electron chi connectivity index (χ2n) is 5.17. The fourth-order valence-corrected chi connectivity index (χ4v) is 1.59. The Morgan fingerprint density at radius 2 is 1.95 bits per heavy atom. The van der Waals surface area contributed by atoms with Crippen molar-refractivity contribution in [1.82, 2.24) is 0 Å². The zero-order valence-electron chi connectivity index (χ0n) is 12.7. The standard InChI is InChI=1S/C15H21F3N2O2/c1-11(2)14(21)20-13-6-3-5-12(9-13)19-7-4-8-22-10-15(16,17)18/h3,5-6,9,11,19H,4,7-8,10H2,1-2H3,(H,20,21). The topological polar surface area (TPSA) is 50.4 Å². The zero-order valence-corrected chi connectivity index (χ0v) is 12.7. The van der Waals surface area contributed by atoms with Crippen LogP contribution in [0, 0.1) is 5.92 Å². The lowest BCUT2D eigenvalue weighted by molar-refractivity contribution is -0.173. The van der Waals surface area contributed by atoms with E-state index < -0.39 is 12.8 Å². The molecule has 0 aliphatic carbocycles. The number of hydrogen-bond donors (Lipinski definition) is 2. The Balaban J connectivity index is 2.30. The number of nitrogens with one attached hydrogen (secondary N) is 2. The van der Waals surface area contributed by atoms with Gasteiger partial charge in [0.15, 0.2) is 0 Å². The van der Waals surface area contributed by atoms with Gasteiger partial charge < -0.3 is 15.4 Å². The quantitative estimate of drug-likeness (QED) is 0.719. The van der Waals surface area contributed by atoms with Gasteiger partial charge in [-0.3, -0.25) is 4.79 Å². The lowest BCUT2D eigenvalue weighted by Gasteiger charge is -2.11. The smallest absolute Gasteiger partial charge is 0.385 e. The highest BCUT2D eigenvalue weighted by atomic mass is 19.4. The number of halogens is 3. The number of alkyl halides is 3. The van der Waals surface area contributed by atoms with Gasteiger partial charge in [0, 0.05) is 30.4 Å². The van der Waals surface area contributed by atoms with Gasteiger partial charge in [0.25, 0.3) is 0 Å². The van der Waals surface area contributed by atoms with Crippen LogP contribution in [0.1, 0.15) is 20.3 Å². The minimum absolute atomic E-state index is 0.0380. The molecule has 0 aromatic heterocycles. The molecule has 0 aliphatic heterocycles. The van der Waals surface area contributed by atoms with Crippen LogP contribution in [0.2, 0.25) is 0 Å². The van der Waals surface area contributed by atoms with Gasteiger partial charge in [-0.15, -0.1) is 0 Å². The number of anilines is 2. The predicted molar refractivity (Wildman–Crippen MR) is 79.9 cm³/mol. The highest BCUT2D eigenvalue weighted by Crippen LogP contribution is 2.16. The summed E-state index contributed by atoms with van der Waals surface area (Å²) in [6.07, 6.45) is -3.82. The Kier molecular flexibility index (Phi) is 7.17. The van der Waals surface area contributed by atoms with Crippen molar-refractivity contribution in [2.45, 2.75) is 26.4 Å². The van der Waals surface area contributed by atoms with E-state index in [0.717, 1.165) is 5.69 Å². The molecule has 0 saturated carbocycles. The third-order valence-electron chi connectivity index (χ3n) is 2.71. The molecule has 0 unspecified atom stereocenters. The molecule has 22 heavy (non-hydrogen) atoms.